The van der Waals surface area contributed by atoms with E-state index in [1.807, 2.05) is 33.5 Å². The Balaban J connectivity index is 1.19. The lowest BCUT2D eigenvalue weighted by atomic mass is 9.97. The summed E-state index contributed by atoms with van der Waals surface area (Å²) in [5.41, 5.74) is 2.62. The van der Waals surface area contributed by atoms with Crippen molar-refractivity contribution in [1.82, 2.24) is 24.2 Å². The monoisotopic (exact) mass is 493 g/mol. The van der Waals surface area contributed by atoms with E-state index in [1.54, 1.807) is 12.1 Å². The molecule has 4 aromatic rings. The number of nitrogens with zero attached hydrogens (tertiary/aromatic N) is 5. The van der Waals surface area contributed by atoms with Crippen molar-refractivity contribution >= 4 is 23.3 Å². The molecule has 182 valence electrons. The van der Waals surface area contributed by atoms with Crippen molar-refractivity contribution in [2.45, 2.75) is 50.9 Å². The summed E-state index contributed by atoms with van der Waals surface area (Å²) in [6.07, 6.45) is 4.15. The van der Waals surface area contributed by atoms with Gasteiger partial charge in [0.15, 0.2) is 22.1 Å². The van der Waals surface area contributed by atoms with Gasteiger partial charge in [-0.2, -0.15) is 5.10 Å². The summed E-state index contributed by atoms with van der Waals surface area (Å²) in [5.74, 6) is 1.64. The van der Waals surface area contributed by atoms with Gasteiger partial charge in [0.25, 0.3) is 0 Å². The number of piperidine rings is 1. The van der Waals surface area contributed by atoms with E-state index in [-0.39, 0.29) is 11.9 Å². The molecule has 2 aromatic carbocycles. The molecule has 1 atom stereocenters. The van der Waals surface area contributed by atoms with Gasteiger partial charge in [-0.05, 0) is 74.3 Å². The second-order valence-corrected chi connectivity index (χ2v) is 9.78. The molecule has 2 aliphatic heterocycles. The first-order chi connectivity index (χ1) is 17.1. The van der Waals surface area contributed by atoms with E-state index in [0.29, 0.717) is 23.9 Å². The molecule has 6 rings (SSSR count). The van der Waals surface area contributed by atoms with E-state index in [9.17, 15) is 4.39 Å². The lowest BCUT2D eigenvalue weighted by Crippen LogP contribution is -2.35. The van der Waals surface area contributed by atoms with Crippen LogP contribution in [0.15, 0.2) is 52.9 Å². The maximum absolute atomic E-state index is 13.5. The fourth-order valence-electron chi connectivity index (χ4n) is 5.08. The fraction of sp³-hybridized carbons (Fsp3) is 0.423. The highest BCUT2D eigenvalue weighted by atomic mass is 32.1. The maximum Gasteiger partial charge on any atom is 0.199 e. The highest BCUT2D eigenvalue weighted by Gasteiger charge is 2.26. The third-order valence-corrected chi connectivity index (χ3v) is 7.45. The number of fused-ring (bicyclic) bond motifs is 1. The molecule has 0 N–H and O–H groups in total. The van der Waals surface area contributed by atoms with Crippen molar-refractivity contribution in [3.63, 3.8) is 0 Å². The van der Waals surface area contributed by atoms with Crippen molar-refractivity contribution in [3.8, 4) is 11.4 Å². The molecule has 7 nitrogen and oxygen atoms in total. The van der Waals surface area contributed by atoms with Crippen molar-refractivity contribution in [1.29, 1.82) is 0 Å². The van der Waals surface area contributed by atoms with Crippen molar-refractivity contribution in [2.75, 3.05) is 19.7 Å². The molecule has 0 bridgehead atoms. The SMILES string of the molecule is Fc1ccc(-c2nn(CN3CCC(c4nc5ccccc5o4)CC3)c(=S)n2CC2CCCO2)cc1. The van der Waals surface area contributed by atoms with E-state index in [0.717, 1.165) is 73.8 Å². The molecule has 2 fully saturated rings. The number of likely N-dealkylation sites (tertiary alicyclic amines) is 1. The molecule has 0 amide bonds. The average Bonchev–Trinajstić information content (AvgIpc) is 3.61. The van der Waals surface area contributed by atoms with Crippen LogP contribution in [-0.2, 0) is 18.0 Å². The van der Waals surface area contributed by atoms with Gasteiger partial charge < -0.3 is 9.15 Å². The molecule has 2 saturated heterocycles. The Morgan fingerprint density at radius 2 is 1.83 bits per heavy atom. The second kappa shape index (κ2) is 9.64. The summed E-state index contributed by atoms with van der Waals surface area (Å²) in [6.45, 7) is 3.88. The third-order valence-electron chi connectivity index (χ3n) is 7.02. The third kappa shape index (κ3) is 4.68. The topological polar surface area (TPSA) is 61.2 Å². The summed E-state index contributed by atoms with van der Waals surface area (Å²) >= 11 is 5.86. The Bertz CT molecular complexity index is 1330. The predicted molar refractivity (Wildman–Crippen MR) is 133 cm³/mol. The van der Waals surface area contributed by atoms with Crippen LogP contribution in [0, 0.1) is 10.6 Å². The van der Waals surface area contributed by atoms with Crippen LogP contribution in [0.2, 0.25) is 0 Å². The number of hydrogen-bond donors (Lipinski definition) is 0. The van der Waals surface area contributed by atoms with Crippen LogP contribution in [0.1, 0.15) is 37.5 Å². The van der Waals surface area contributed by atoms with E-state index in [4.69, 9.17) is 31.5 Å². The zero-order valence-corrected chi connectivity index (χ0v) is 20.3. The number of benzene rings is 2. The maximum atomic E-state index is 13.5. The predicted octanol–water partition coefficient (Wildman–Crippen LogP) is 5.38. The minimum Gasteiger partial charge on any atom is -0.440 e. The minimum absolute atomic E-state index is 0.130. The standard InChI is InChI=1S/C26H28FN5O2S/c27-20-9-7-18(8-10-20)24-29-32(26(35)31(24)16-21-4-3-15-33-21)17-30-13-11-19(12-14-30)25-28-22-5-1-2-6-23(22)34-25/h1-2,5-10,19,21H,3-4,11-17H2. The normalized spacial score (nSPS) is 19.6. The van der Waals surface area contributed by atoms with Crippen LogP contribution < -0.4 is 0 Å². The summed E-state index contributed by atoms with van der Waals surface area (Å²) in [7, 11) is 0. The van der Waals surface area contributed by atoms with E-state index in [1.165, 1.54) is 12.1 Å². The van der Waals surface area contributed by atoms with Gasteiger partial charge in [0, 0.05) is 31.2 Å². The Morgan fingerprint density at radius 1 is 1.03 bits per heavy atom. The smallest absolute Gasteiger partial charge is 0.199 e. The first kappa shape index (κ1) is 22.6. The lowest BCUT2D eigenvalue weighted by molar-refractivity contribution is 0.0965. The fourth-order valence-corrected chi connectivity index (χ4v) is 5.34. The first-order valence-electron chi connectivity index (χ1n) is 12.3. The molecule has 9 heteroatoms. The molecule has 35 heavy (non-hydrogen) atoms. The largest absolute Gasteiger partial charge is 0.440 e. The van der Waals surface area contributed by atoms with Crippen LogP contribution in [0.25, 0.3) is 22.5 Å². The van der Waals surface area contributed by atoms with E-state index in [2.05, 4.69) is 4.90 Å². The van der Waals surface area contributed by atoms with Gasteiger partial charge in [-0.15, -0.1) is 0 Å². The first-order valence-corrected chi connectivity index (χ1v) is 12.7. The van der Waals surface area contributed by atoms with E-state index < -0.39 is 0 Å². The van der Waals surface area contributed by atoms with Crippen molar-refractivity contribution < 1.29 is 13.5 Å². The molecular weight excluding hydrogens is 465 g/mol. The number of halogens is 1. The van der Waals surface area contributed by atoms with Crippen LogP contribution in [0.3, 0.4) is 0 Å². The lowest BCUT2D eigenvalue weighted by Gasteiger charge is -2.30. The van der Waals surface area contributed by atoms with Gasteiger partial charge in [0.05, 0.1) is 19.3 Å². The molecular formula is C26H28FN5O2S. The Kier molecular flexibility index (Phi) is 6.22. The van der Waals surface area contributed by atoms with Gasteiger partial charge >= 0.3 is 0 Å². The van der Waals surface area contributed by atoms with Crippen LogP contribution in [0.5, 0.6) is 0 Å². The molecule has 0 aliphatic carbocycles. The molecule has 0 spiro atoms. The Morgan fingerprint density at radius 3 is 2.57 bits per heavy atom. The summed E-state index contributed by atoms with van der Waals surface area (Å²) < 4.78 is 30.0. The number of ether oxygens (including phenoxy) is 1. The second-order valence-electron chi connectivity index (χ2n) is 9.41. The molecule has 2 aromatic heterocycles. The minimum atomic E-state index is -0.265. The highest BCUT2D eigenvalue weighted by molar-refractivity contribution is 7.71. The molecule has 4 heterocycles. The van der Waals surface area contributed by atoms with Gasteiger partial charge in [0.1, 0.15) is 11.3 Å². The number of para-hydroxylation sites is 2. The van der Waals surface area contributed by atoms with Gasteiger partial charge in [0.2, 0.25) is 0 Å². The Hall–Kier alpha value is -2.88. The zero-order valence-electron chi connectivity index (χ0n) is 19.5. The molecule has 0 saturated carbocycles. The quantitative estimate of drug-likeness (QED) is 0.336. The number of oxazole rings is 1. The summed E-state index contributed by atoms with van der Waals surface area (Å²) in [6, 6.07) is 14.4. The van der Waals surface area contributed by atoms with Gasteiger partial charge in [-0.3, -0.25) is 9.47 Å². The molecule has 1 unspecified atom stereocenters. The average molecular weight is 494 g/mol. The van der Waals surface area contributed by atoms with Crippen LogP contribution in [-0.4, -0.2) is 50.0 Å². The van der Waals surface area contributed by atoms with Gasteiger partial charge in [-0.25, -0.2) is 14.1 Å². The number of aromatic nitrogens is 4. The van der Waals surface area contributed by atoms with Gasteiger partial charge in [-0.1, -0.05) is 12.1 Å². The molecule has 0 radical (unpaired) electrons. The number of rotatable bonds is 6. The highest BCUT2D eigenvalue weighted by Crippen LogP contribution is 2.30. The summed E-state index contributed by atoms with van der Waals surface area (Å²) in [5, 5.41) is 4.88. The zero-order chi connectivity index (χ0) is 23.8. The summed E-state index contributed by atoms with van der Waals surface area (Å²) in [4.78, 5) is 7.07. The van der Waals surface area contributed by atoms with Crippen LogP contribution in [0.4, 0.5) is 4.39 Å². The van der Waals surface area contributed by atoms with Crippen molar-refractivity contribution in [3.05, 3.63) is 65.0 Å². The van der Waals surface area contributed by atoms with Crippen LogP contribution >= 0.6 is 12.2 Å². The molecule has 2 aliphatic rings. The van der Waals surface area contributed by atoms with Crippen molar-refractivity contribution in [2.24, 2.45) is 0 Å². The van der Waals surface area contributed by atoms with E-state index >= 15 is 0 Å². The number of hydrogen-bond acceptors (Lipinski definition) is 6. The Labute approximate surface area is 208 Å².